The largest absolute Gasteiger partial charge is 0.467 e. The van der Waals surface area contributed by atoms with Crippen LogP contribution in [0.1, 0.15) is 35.2 Å². The first kappa shape index (κ1) is 21.9. The maximum atomic E-state index is 13.3. The molecule has 6 nitrogen and oxygen atoms in total. The molecule has 0 fully saturated rings. The van der Waals surface area contributed by atoms with Crippen molar-refractivity contribution in [1.29, 1.82) is 0 Å². The monoisotopic (exact) mass is 471 g/mol. The van der Waals surface area contributed by atoms with E-state index in [1.54, 1.807) is 34.3 Å². The first-order valence-electron chi connectivity index (χ1n) is 9.93. The fourth-order valence-corrected chi connectivity index (χ4v) is 3.50. The Bertz CT molecular complexity index is 964. The third-order valence-electron chi connectivity index (χ3n) is 4.88. The van der Waals surface area contributed by atoms with E-state index in [4.69, 9.17) is 4.42 Å². The molecule has 0 aliphatic heterocycles. The number of hydrogen-bond acceptors (Lipinski definition) is 3. The van der Waals surface area contributed by atoms with Gasteiger partial charge in [-0.15, -0.1) is 0 Å². The van der Waals surface area contributed by atoms with E-state index in [-0.39, 0.29) is 18.4 Å². The van der Waals surface area contributed by atoms with Gasteiger partial charge in [0.1, 0.15) is 12.3 Å². The summed E-state index contributed by atoms with van der Waals surface area (Å²) in [5.41, 5.74) is 1.58. The molecule has 0 aliphatic carbocycles. The standard InChI is InChI=1S/C23H26BrN3O3/c1-3-12-26(23(29)18-8-10-19(24)11-9-18)17-22(28)27(16-21-7-5-14-30-21)15-20-6-4-13-25(20)2/h4-11,13-14H,3,12,15-17H2,1-2H3. The Morgan fingerprint density at radius 2 is 1.80 bits per heavy atom. The van der Waals surface area contributed by atoms with Crippen molar-refractivity contribution in [3.63, 3.8) is 0 Å². The average Bonchev–Trinajstić information content (AvgIpc) is 3.39. The van der Waals surface area contributed by atoms with Crippen LogP contribution in [0.5, 0.6) is 0 Å². The van der Waals surface area contributed by atoms with Crippen LogP contribution in [0.4, 0.5) is 0 Å². The third kappa shape index (κ3) is 5.63. The normalized spacial score (nSPS) is 10.8. The number of aryl methyl sites for hydroxylation is 1. The molecule has 0 atom stereocenters. The summed E-state index contributed by atoms with van der Waals surface area (Å²) in [6.45, 7) is 3.32. The quantitative estimate of drug-likeness (QED) is 0.462. The molecule has 0 spiro atoms. The van der Waals surface area contributed by atoms with E-state index in [1.807, 2.05) is 55.1 Å². The van der Waals surface area contributed by atoms with Crippen LogP contribution in [-0.2, 0) is 24.9 Å². The molecule has 158 valence electrons. The number of nitrogens with zero attached hydrogens (tertiary/aromatic N) is 3. The maximum Gasteiger partial charge on any atom is 0.254 e. The van der Waals surface area contributed by atoms with Crippen LogP contribution in [-0.4, -0.2) is 39.3 Å². The molecule has 0 radical (unpaired) electrons. The van der Waals surface area contributed by atoms with Gasteiger partial charge in [-0.25, -0.2) is 0 Å². The van der Waals surface area contributed by atoms with Gasteiger partial charge in [-0.3, -0.25) is 9.59 Å². The predicted octanol–water partition coefficient (Wildman–Crippen LogP) is 4.46. The first-order chi connectivity index (χ1) is 14.5. The average molecular weight is 472 g/mol. The number of rotatable bonds is 9. The van der Waals surface area contributed by atoms with Crippen molar-refractivity contribution < 1.29 is 14.0 Å². The summed E-state index contributed by atoms with van der Waals surface area (Å²) >= 11 is 3.39. The van der Waals surface area contributed by atoms with Gasteiger partial charge in [-0.05, 0) is 55.0 Å². The Hall–Kier alpha value is -2.80. The highest BCUT2D eigenvalue weighted by molar-refractivity contribution is 9.10. The minimum Gasteiger partial charge on any atom is -0.467 e. The predicted molar refractivity (Wildman–Crippen MR) is 119 cm³/mol. The van der Waals surface area contributed by atoms with Crippen molar-refractivity contribution in [2.75, 3.05) is 13.1 Å². The molecule has 0 bridgehead atoms. The summed E-state index contributed by atoms with van der Waals surface area (Å²) in [5, 5.41) is 0. The lowest BCUT2D eigenvalue weighted by Gasteiger charge is -2.27. The van der Waals surface area contributed by atoms with Crippen LogP contribution < -0.4 is 0 Å². The number of carbonyl (C=O) groups excluding carboxylic acids is 2. The summed E-state index contributed by atoms with van der Waals surface area (Å²) in [6, 6.07) is 14.8. The highest BCUT2D eigenvalue weighted by atomic mass is 79.9. The molecular weight excluding hydrogens is 446 g/mol. The Kier molecular flexibility index (Phi) is 7.52. The smallest absolute Gasteiger partial charge is 0.254 e. The number of carbonyl (C=O) groups is 2. The summed E-state index contributed by atoms with van der Waals surface area (Å²) in [5.74, 6) is 0.444. The van der Waals surface area contributed by atoms with E-state index in [2.05, 4.69) is 15.9 Å². The van der Waals surface area contributed by atoms with Crippen LogP contribution in [0.15, 0.2) is 69.9 Å². The number of hydrogen-bond donors (Lipinski definition) is 0. The molecule has 0 unspecified atom stereocenters. The van der Waals surface area contributed by atoms with Crippen molar-refractivity contribution in [3.8, 4) is 0 Å². The fraction of sp³-hybridized carbons (Fsp3) is 0.304. The topological polar surface area (TPSA) is 58.7 Å². The lowest BCUT2D eigenvalue weighted by Crippen LogP contribution is -2.43. The Labute approximate surface area is 185 Å². The SMILES string of the molecule is CCCN(CC(=O)N(Cc1ccco1)Cc1cccn1C)C(=O)c1ccc(Br)cc1. The zero-order valence-electron chi connectivity index (χ0n) is 17.3. The molecular formula is C23H26BrN3O3. The van der Waals surface area contributed by atoms with E-state index in [0.29, 0.717) is 31.0 Å². The van der Waals surface area contributed by atoms with Crippen LogP contribution >= 0.6 is 15.9 Å². The van der Waals surface area contributed by atoms with Gasteiger partial charge in [0.15, 0.2) is 0 Å². The zero-order valence-corrected chi connectivity index (χ0v) is 18.8. The van der Waals surface area contributed by atoms with E-state index in [0.717, 1.165) is 16.6 Å². The minimum atomic E-state index is -0.144. The van der Waals surface area contributed by atoms with E-state index in [9.17, 15) is 9.59 Å². The van der Waals surface area contributed by atoms with E-state index in [1.165, 1.54) is 0 Å². The number of aromatic nitrogens is 1. The van der Waals surface area contributed by atoms with Crippen molar-refractivity contribution >= 4 is 27.7 Å². The van der Waals surface area contributed by atoms with Crippen molar-refractivity contribution in [1.82, 2.24) is 14.4 Å². The van der Waals surface area contributed by atoms with E-state index < -0.39 is 0 Å². The lowest BCUT2D eigenvalue weighted by molar-refractivity contribution is -0.133. The van der Waals surface area contributed by atoms with Gasteiger partial charge in [0.2, 0.25) is 5.91 Å². The molecule has 0 saturated heterocycles. The van der Waals surface area contributed by atoms with Crippen molar-refractivity contribution in [2.45, 2.75) is 26.4 Å². The maximum absolute atomic E-state index is 13.3. The van der Waals surface area contributed by atoms with Crippen LogP contribution in [0.3, 0.4) is 0 Å². The van der Waals surface area contributed by atoms with Crippen LogP contribution in [0, 0.1) is 0 Å². The van der Waals surface area contributed by atoms with Crippen molar-refractivity contribution in [2.24, 2.45) is 7.05 Å². The summed E-state index contributed by atoms with van der Waals surface area (Å²) in [4.78, 5) is 29.6. The third-order valence-corrected chi connectivity index (χ3v) is 5.41. The lowest BCUT2D eigenvalue weighted by atomic mass is 10.2. The van der Waals surface area contributed by atoms with Crippen LogP contribution in [0.25, 0.3) is 0 Å². The highest BCUT2D eigenvalue weighted by Crippen LogP contribution is 2.15. The molecule has 0 saturated carbocycles. The molecule has 0 aliphatic rings. The van der Waals surface area contributed by atoms with E-state index >= 15 is 0 Å². The second-order valence-electron chi connectivity index (χ2n) is 7.17. The molecule has 3 rings (SSSR count). The van der Waals surface area contributed by atoms with Gasteiger partial charge in [0.05, 0.1) is 19.4 Å². The Morgan fingerprint density at radius 3 is 2.40 bits per heavy atom. The summed E-state index contributed by atoms with van der Waals surface area (Å²) in [6.07, 6.45) is 4.32. The molecule has 0 N–H and O–H groups in total. The zero-order chi connectivity index (χ0) is 21.5. The molecule has 2 heterocycles. The van der Waals surface area contributed by atoms with Gasteiger partial charge >= 0.3 is 0 Å². The Balaban J connectivity index is 1.77. The number of halogens is 1. The summed E-state index contributed by atoms with van der Waals surface area (Å²) in [7, 11) is 1.95. The minimum absolute atomic E-state index is 0.0217. The number of amides is 2. The summed E-state index contributed by atoms with van der Waals surface area (Å²) < 4.78 is 8.35. The fourth-order valence-electron chi connectivity index (χ4n) is 3.24. The van der Waals surface area contributed by atoms with Gasteiger partial charge in [-0.1, -0.05) is 22.9 Å². The van der Waals surface area contributed by atoms with Gasteiger partial charge in [-0.2, -0.15) is 0 Å². The Morgan fingerprint density at radius 1 is 1.03 bits per heavy atom. The van der Waals surface area contributed by atoms with Gasteiger partial charge < -0.3 is 18.8 Å². The number of furan rings is 1. The molecule has 2 aromatic heterocycles. The molecule has 1 aromatic carbocycles. The highest BCUT2D eigenvalue weighted by Gasteiger charge is 2.23. The number of benzene rings is 1. The van der Waals surface area contributed by atoms with Gasteiger partial charge in [0, 0.05) is 35.5 Å². The molecule has 2 amide bonds. The van der Waals surface area contributed by atoms with Gasteiger partial charge in [0.25, 0.3) is 5.91 Å². The first-order valence-corrected chi connectivity index (χ1v) is 10.7. The van der Waals surface area contributed by atoms with Crippen LogP contribution in [0.2, 0.25) is 0 Å². The second-order valence-corrected chi connectivity index (χ2v) is 8.09. The van der Waals surface area contributed by atoms with Crippen molar-refractivity contribution in [3.05, 3.63) is 82.5 Å². The second kappa shape index (κ2) is 10.3. The molecule has 7 heteroatoms. The molecule has 30 heavy (non-hydrogen) atoms. The molecule has 3 aromatic rings.